The smallest absolute Gasteiger partial charge is 0.261 e. The van der Waals surface area contributed by atoms with E-state index in [0.29, 0.717) is 31.3 Å². The maximum atomic E-state index is 12.0. The van der Waals surface area contributed by atoms with Gasteiger partial charge in [0.1, 0.15) is 17.1 Å². The minimum Gasteiger partial charge on any atom is -0.493 e. The van der Waals surface area contributed by atoms with Crippen LogP contribution in [0.25, 0.3) is 21.9 Å². The van der Waals surface area contributed by atoms with Crippen molar-refractivity contribution in [2.75, 3.05) is 18.9 Å². The highest BCUT2D eigenvalue weighted by Gasteiger charge is 2.18. The molecule has 0 aliphatic heterocycles. The highest BCUT2D eigenvalue weighted by Crippen LogP contribution is 2.32. The second kappa shape index (κ2) is 10.2. The molecule has 8 heteroatoms. The molecule has 174 valence electrons. The molecule has 3 aromatic heterocycles. The van der Waals surface area contributed by atoms with Gasteiger partial charge >= 0.3 is 0 Å². The van der Waals surface area contributed by atoms with Crippen LogP contribution in [0.15, 0.2) is 35.7 Å². The predicted molar refractivity (Wildman–Crippen MR) is 135 cm³/mol. The number of nitrogens with zero attached hydrogens (tertiary/aromatic N) is 3. The Kier molecular flexibility index (Phi) is 7.13. The van der Waals surface area contributed by atoms with E-state index in [1.807, 2.05) is 35.7 Å². The van der Waals surface area contributed by atoms with Gasteiger partial charge in [-0.1, -0.05) is 26.8 Å². The van der Waals surface area contributed by atoms with Crippen molar-refractivity contribution >= 4 is 45.0 Å². The molecule has 3 N–H and O–H groups in total. The molecular weight excluding hydrogens is 434 g/mol. The van der Waals surface area contributed by atoms with E-state index in [1.165, 1.54) is 11.3 Å². The number of pyridine rings is 1. The summed E-state index contributed by atoms with van der Waals surface area (Å²) in [6.45, 7) is 8.53. The number of nitrogen functional groups attached to an aromatic ring is 1. The number of aromatic nitrogens is 3. The highest BCUT2D eigenvalue weighted by molar-refractivity contribution is 7.12. The predicted octanol–water partition coefficient (Wildman–Crippen LogP) is 5.04. The third kappa shape index (κ3) is 5.11. The molecule has 7 nitrogen and oxygen atoms in total. The van der Waals surface area contributed by atoms with E-state index in [4.69, 9.17) is 15.5 Å². The van der Waals surface area contributed by atoms with Gasteiger partial charge < -0.3 is 20.4 Å². The van der Waals surface area contributed by atoms with Crippen LogP contribution in [0, 0.1) is 5.92 Å². The van der Waals surface area contributed by atoms with Crippen molar-refractivity contribution in [2.24, 2.45) is 5.92 Å². The molecule has 33 heavy (non-hydrogen) atoms. The summed E-state index contributed by atoms with van der Waals surface area (Å²) >= 11 is 1.44. The van der Waals surface area contributed by atoms with Crippen LogP contribution in [0.4, 0.5) is 5.82 Å². The normalized spacial score (nSPS) is 11.5. The van der Waals surface area contributed by atoms with E-state index in [1.54, 1.807) is 0 Å². The number of nitrogens with two attached hydrogens (primary N) is 1. The minimum atomic E-state index is -0.0418. The fourth-order valence-corrected chi connectivity index (χ4v) is 4.60. The first-order chi connectivity index (χ1) is 16.0. The number of benzene rings is 1. The van der Waals surface area contributed by atoms with Crippen molar-refractivity contribution in [3.63, 3.8) is 0 Å². The van der Waals surface area contributed by atoms with Crippen LogP contribution in [0.5, 0.6) is 5.75 Å². The van der Waals surface area contributed by atoms with Crippen molar-refractivity contribution in [2.45, 2.75) is 46.6 Å². The van der Waals surface area contributed by atoms with E-state index < -0.39 is 0 Å². The zero-order valence-electron chi connectivity index (χ0n) is 19.4. The van der Waals surface area contributed by atoms with Crippen LogP contribution in [0.3, 0.4) is 0 Å². The van der Waals surface area contributed by atoms with Gasteiger partial charge in [-0.15, -0.1) is 11.3 Å². The molecule has 0 saturated heterocycles. The Morgan fingerprint density at radius 3 is 2.85 bits per heavy atom. The van der Waals surface area contributed by atoms with Crippen molar-refractivity contribution in [1.29, 1.82) is 0 Å². The largest absolute Gasteiger partial charge is 0.493 e. The summed E-state index contributed by atoms with van der Waals surface area (Å²) in [5, 5.41) is 5.84. The summed E-state index contributed by atoms with van der Waals surface area (Å²) in [5.74, 6) is 2.70. The lowest BCUT2D eigenvalue weighted by Gasteiger charge is -2.13. The van der Waals surface area contributed by atoms with Crippen molar-refractivity contribution in [3.05, 3.63) is 46.4 Å². The Labute approximate surface area is 198 Å². The summed E-state index contributed by atoms with van der Waals surface area (Å²) in [4.78, 5) is 22.2. The SMILES string of the molecule is CCCc1nc2c(N)nc3cc(OCCCNC(=O)c4cccs4)ccc3c2n1CC(C)C. The van der Waals surface area contributed by atoms with E-state index in [0.717, 1.165) is 57.8 Å². The van der Waals surface area contributed by atoms with Gasteiger partial charge in [-0.05, 0) is 42.3 Å². The second-order valence-corrected chi connectivity index (χ2v) is 9.54. The standard InChI is InChI=1S/C25H31N5O2S/c1-4-7-21-29-22-23(30(21)15-16(2)3)18-10-9-17(14-19(18)28-24(22)26)32-12-6-11-27-25(31)20-8-5-13-33-20/h5,8-10,13-14,16H,4,6-7,11-12,15H2,1-3H3,(H2,26,28)(H,27,31). The lowest BCUT2D eigenvalue weighted by Crippen LogP contribution is -2.24. The molecule has 4 rings (SSSR count). The topological polar surface area (TPSA) is 95.1 Å². The lowest BCUT2D eigenvalue weighted by atomic mass is 10.1. The highest BCUT2D eigenvalue weighted by atomic mass is 32.1. The van der Waals surface area contributed by atoms with Gasteiger partial charge in [0.05, 0.1) is 22.5 Å². The van der Waals surface area contributed by atoms with E-state index in [2.05, 4.69) is 35.6 Å². The quantitative estimate of drug-likeness (QED) is 0.320. The Morgan fingerprint density at radius 1 is 1.27 bits per heavy atom. The number of ether oxygens (including phenoxy) is 1. The number of hydrogen-bond donors (Lipinski definition) is 2. The van der Waals surface area contributed by atoms with Gasteiger partial charge in [0.15, 0.2) is 5.82 Å². The zero-order valence-corrected chi connectivity index (χ0v) is 20.2. The van der Waals surface area contributed by atoms with Crippen LogP contribution in [-0.2, 0) is 13.0 Å². The first kappa shape index (κ1) is 23.0. The number of anilines is 1. The molecule has 4 aromatic rings. The Balaban J connectivity index is 1.50. The maximum Gasteiger partial charge on any atom is 0.261 e. The second-order valence-electron chi connectivity index (χ2n) is 8.59. The van der Waals surface area contributed by atoms with Crippen LogP contribution in [0.1, 0.15) is 49.1 Å². The van der Waals surface area contributed by atoms with Gasteiger partial charge in [0.2, 0.25) is 0 Å². The number of rotatable bonds is 10. The van der Waals surface area contributed by atoms with Gasteiger partial charge in [0, 0.05) is 31.0 Å². The molecule has 0 unspecified atom stereocenters. The number of imidazole rings is 1. The van der Waals surface area contributed by atoms with Crippen LogP contribution in [-0.4, -0.2) is 33.6 Å². The van der Waals surface area contributed by atoms with E-state index >= 15 is 0 Å². The number of fused-ring (bicyclic) bond motifs is 3. The average molecular weight is 466 g/mol. The molecule has 0 saturated carbocycles. The maximum absolute atomic E-state index is 12.0. The summed E-state index contributed by atoms with van der Waals surface area (Å²) in [5.41, 5.74) is 8.96. The molecule has 0 radical (unpaired) electrons. The summed E-state index contributed by atoms with van der Waals surface area (Å²) in [6.07, 6.45) is 2.65. The van der Waals surface area contributed by atoms with E-state index in [9.17, 15) is 4.79 Å². The molecule has 0 atom stereocenters. The third-order valence-corrected chi connectivity index (χ3v) is 6.26. The lowest BCUT2D eigenvalue weighted by molar-refractivity contribution is 0.0955. The monoisotopic (exact) mass is 465 g/mol. The first-order valence-corrected chi connectivity index (χ1v) is 12.4. The number of hydrogen-bond acceptors (Lipinski definition) is 6. The van der Waals surface area contributed by atoms with Crippen LogP contribution >= 0.6 is 11.3 Å². The van der Waals surface area contributed by atoms with Crippen molar-refractivity contribution < 1.29 is 9.53 Å². The Morgan fingerprint density at radius 2 is 2.12 bits per heavy atom. The molecular formula is C25H31N5O2S. The molecule has 0 aliphatic carbocycles. The average Bonchev–Trinajstić information content (AvgIpc) is 3.43. The van der Waals surface area contributed by atoms with Crippen molar-refractivity contribution in [1.82, 2.24) is 19.9 Å². The van der Waals surface area contributed by atoms with Gasteiger partial charge in [-0.25, -0.2) is 9.97 Å². The molecule has 0 fully saturated rings. The summed E-state index contributed by atoms with van der Waals surface area (Å²) in [6, 6.07) is 9.64. The number of aryl methyl sites for hydroxylation is 1. The van der Waals surface area contributed by atoms with Crippen LogP contribution < -0.4 is 15.8 Å². The number of carbonyl (C=O) groups excluding carboxylic acids is 1. The summed E-state index contributed by atoms with van der Waals surface area (Å²) < 4.78 is 8.23. The Bertz CT molecular complexity index is 1250. The number of nitrogens with one attached hydrogen (secondary N) is 1. The molecule has 1 aromatic carbocycles. The minimum absolute atomic E-state index is 0.0418. The number of carbonyl (C=O) groups is 1. The van der Waals surface area contributed by atoms with Crippen LogP contribution in [0.2, 0.25) is 0 Å². The van der Waals surface area contributed by atoms with Gasteiger partial charge in [-0.3, -0.25) is 4.79 Å². The fraction of sp³-hybridized carbons (Fsp3) is 0.400. The fourth-order valence-electron chi connectivity index (χ4n) is 3.96. The molecule has 0 aliphatic rings. The molecule has 3 heterocycles. The van der Waals surface area contributed by atoms with Gasteiger partial charge in [-0.2, -0.15) is 0 Å². The number of amides is 1. The zero-order chi connectivity index (χ0) is 23.4. The Hall–Kier alpha value is -3.13. The molecule has 0 bridgehead atoms. The molecule has 1 amide bonds. The first-order valence-electron chi connectivity index (χ1n) is 11.5. The summed E-state index contributed by atoms with van der Waals surface area (Å²) in [7, 11) is 0. The van der Waals surface area contributed by atoms with Gasteiger partial charge in [0.25, 0.3) is 5.91 Å². The number of thiophene rings is 1. The van der Waals surface area contributed by atoms with Crippen molar-refractivity contribution in [3.8, 4) is 5.75 Å². The third-order valence-electron chi connectivity index (χ3n) is 5.40. The molecule has 0 spiro atoms. The van der Waals surface area contributed by atoms with E-state index in [-0.39, 0.29) is 5.91 Å².